The lowest BCUT2D eigenvalue weighted by Gasteiger charge is -2.34. The quantitative estimate of drug-likeness (QED) is 0.789. The van der Waals surface area contributed by atoms with Crippen molar-refractivity contribution in [3.8, 4) is 0 Å². The van der Waals surface area contributed by atoms with Crippen LogP contribution in [0.1, 0.15) is 33.6 Å². The van der Waals surface area contributed by atoms with Crippen molar-refractivity contribution in [2.24, 2.45) is 17.6 Å². The lowest BCUT2D eigenvalue weighted by molar-refractivity contribution is -0.140. The Morgan fingerprint density at radius 2 is 2.24 bits per heavy atom. The zero-order valence-electron chi connectivity index (χ0n) is 11.3. The average Bonchev–Trinajstić information content (AvgIpc) is 2.27. The summed E-state index contributed by atoms with van der Waals surface area (Å²) in [5.74, 6) is 1.15. The number of carbonyl (C=O) groups is 1. The number of rotatable bonds is 5. The Hall–Kier alpha value is -0.610. The van der Waals surface area contributed by atoms with Crippen molar-refractivity contribution in [3.63, 3.8) is 0 Å². The Bertz CT molecular complexity index is 244. The Labute approximate surface area is 104 Å². The molecule has 1 fully saturated rings. The number of carbonyl (C=O) groups excluding carboxylic acids is 1. The van der Waals surface area contributed by atoms with Crippen LogP contribution in [0.3, 0.4) is 0 Å². The Balaban J connectivity index is 2.45. The van der Waals surface area contributed by atoms with Crippen LogP contribution in [0.15, 0.2) is 0 Å². The number of nitrogens with two attached hydrogens (primary N) is 1. The van der Waals surface area contributed by atoms with Gasteiger partial charge in [-0.3, -0.25) is 4.79 Å². The largest absolute Gasteiger partial charge is 0.377 e. The molecule has 17 heavy (non-hydrogen) atoms. The number of morpholine rings is 1. The van der Waals surface area contributed by atoms with Crippen molar-refractivity contribution in [1.29, 1.82) is 0 Å². The first-order valence-corrected chi connectivity index (χ1v) is 6.61. The first-order valence-electron chi connectivity index (χ1n) is 6.61. The van der Waals surface area contributed by atoms with Gasteiger partial charge in [-0.25, -0.2) is 0 Å². The van der Waals surface area contributed by atoms with Gasteiger partial charge in [0.25, 0.3) is 0 Å². The molecular weight excluding hydrogens is 216 g/mol. The summed E-state index contributed by atoms with van der Waals surface area (Å²) in [5, 5.41) is 0. The minimum absolute atomic E-state index is 0.203. The molecular formula is C13H26N2O2. The first kappa shape index (κ1) is 14.5. The zero-order valence-corrected chi connectivity index (χ0v) is 11.3. The Morgan fingerprint density at radius 3 is 2.76 bits per heavy atom. The lowest BCUT2D eigenvalue weighted by Crippen LogP contribution is -2.47. The van der Waals surface area contributed by atoms with E-state index in [0.717, 1.165) is 13.0 Å². The van der Waals surface area contributed by atoms with Crippen LogP contribution >= 0.6 is 0 Å². The van der Waals surface area contributed by atoms with Gasteiger partial charge in [-0.15, -0.1) is 0 Å². The van der Waals surface area contributed by atoms with Crippen LogP contribution in [0.2, 0.25) is 0 Å². The normalized spacial score (nSPS) is 22.9. The van der Waals surface area contributed by atoms with Gasteiger partial charge in [0.1, 0.15) is 0 Å². The van der Waals surface area contributed by atoms with E-state index in [2.05, 4.69) is 13.8 Å². The van der Waals surface area contributed by atoms with Crippen molar-refractivity contribution >= 4 is 5.91 Å². The standard InChI is InChI=1S/C13H26N2O2/c1-10(2)6-12(8-14)7-13(16)15-4-5-17-9-11(15)3/h10-12H,4-9,14H2,1-3H3/t11-,12+/m1/s1. The van der Waals surface area contributed by atoms with Gasteiger partial charge in [-0.05, 0) is 31.7 Å². The molecule has 0 aromatic carbocycles. The number of ether oxygens (including phenoxy) is 1. The topological polar surface area (TPSA) is 55.6 Å². The highest BCUT2D eigenvalue weighted by molar-refractivity contribution is 5.76. The molecule has 0 aromatic rings. The molecule has 1 rings (SSSR count). The molecule has 4 nitrogen and oxygen atoms in total. The molecule has 0 spiro atoms. The van der Waals surface area contributed by atoms with Crippen molar-refractivity contribution in [2.45, 2.75) is 39.7 Å². The monoisotopic (exact) mass is 242 g/mol. The second kappa shape index (κ2) is 6.97. The summed E-state index contributed by atoms with van der Waals surface area (Å²) < 4.78 is 5.34. The fourth-order valence-corrected chi connectivity index (χ4v) is 2.39. The number of amides is 1. The molecule has 0 aromatic heterocycles. The molecule has 1 aliphatic heterocycles. The van der Waals surface area contributed by atoms with E-state index in [9.17, 15) is 4.79 Å². The third-order valence-corrected chi connectivity index (χ3v) is 3.29. The molecule has 0 unspecified atom stereocenters. The van der Waals surface area contributed by atoms with E-state index in [1.54, 1.807) is 0 Å². The minimum atomic E-state index is 0.203. The van der Waals surface area contributed by atoms with Crippen molar-refractivity contribution in [2.75, 3.05) is 26.3 Å². The molecule has 100 valence electrons. The van der Waals surface area contributed by atoms with Crippen LogP contribution in [-0.2, 0) is 9.53 Å². The molecule has 0 saturated carbocycles. The molecule has 0 radical (unpaired) electrons. The molecule has 0 bridgehead atoms. The van der Waals surface area contributed by atoms with E-state index >= 15 is 0 Å². The van der Waals surface area contributed by atoms with Crippen LogP contribution in [0.4, 0.5) is 0 Å². The molecule has 0 aliphatic carbocycles. The Morgan fingerprint density at radius 1 is 1.53 bits per heavy atom. The second-order valence-corrected chi connectivity index (χ2v) is 5.45. The summed E-state index contributed by atoms with van der Waals surface area (Å²) in [6, 6.07) is 0.203. The third kappa shape index (κ3) is 4.64. The maximum Gasteiger partial charge on any atom is 0.223 e. The van der Waals surface area contributed by atoms with E-state index in [1.165, 1.54) is 0 Å². The van der Waals surface area contributed by atoms with Gasteiger partial charge in [0, 0.05) is 13.0 Å². The molecule has 4 heteroatoms. The maximum absolute atomic E-state index is 12.2. The van der Waals surface area contributed by atoms with E-state index in [0.29, 0.717) is 38.0 Å². The first-order chi connectivity index (χ1) is 8.04. The van der Waals surface area contributed by atoms with E-state index in [-0.39, 0.29) is 11.9 Å². The summed E-state index contributed by atoms with van der Waals surface area (Å²) >= 11 is 0. The minimum Gasteiger partial charge on any atom is -0.377 e. The molecule has 1 aliphatic rings. The fourth-order valence-electron chi connectivity index (χ4n) is 2.39. The van der Waals surface area contributed by atoms with Gasteiger partial charge in [0.15, 0.2) is 0 Å². The van der Waals surface area contributed by atoms with Crippen LogP contribution in [0.5, 0.6) is 0 Å². The van der Waals surface area contributed by atoms with Crippen LogP contribution in [-0.4, -0.2) is 43.2 Å². The zero-order chi connectivity index (χ0) is 12.8. The molecule has 2 atom stereocenters. The molecule has 1 heterocycles. The predicted molar refractivity (Wildman–Crippen MR) is 68.6 cm³/mol. The highest BCUT2D eigenvalue weighted by Gasteiger charge is 2.25. The van der Waals surface area contributed by atoms with E-state index < -0.39 is 0 Å². The van der Waals surface area contributed by atoms with E-state index in [4.69, 9.17) is 10.5 Å². The highest BCUT2D eigenvalue weighted by atomic mass is 16.5. The summed E-state index contributed by atoms with van der Waals surface area (Å²) in [5.41, 5.74) is 5.74. The summed E-state index contributed by atoms with van der Waals surface area (Å²) in [4.78, 5) is 14.1. The highest BCUT2D eigenvalue weighted by Crippen LogP contribution is 2.17. The van der Waals surface area contributed by atoms with Crippen LogP contribution in [0.25, 0.3) is 0 Å². The van der Waals surface area contributed by atoms with E-state index in [1.807, 2.05) is 11.8 Å². The van der Waals surface area contributed by atoms with Crippen molar-refractivity contribution in [3.05, 3.63) is 0 Å². The average molecular weight is 242 g/mol. The van der Waals surface area contributed by atoms with Crippen LogP contribution < -0.4 is 5.73 Å². The third-order valence-electron chi connectivity index (χ3n) is 3.29. The smallest absolute Gasteiger partial charge is 0.223 e. The second-order valence-electron chi connectivity index (χ2n) is 5.45. The molecule has 1 saturated heterocycles. The summed E-state index contributed by atoms with van der Waals surface area (Å²) in [7, 11) is 0. The van der Waals surface area contributed by atoms with Gasteiger partial charge in [0.2, 0.25) is 5.91 Å². The SMILES string of the molecule is CC(C)C[C@H](CN)CC(=O)N1CCOC[C@H]1C. The van der Waals surface area contributed by atoms with Crippen LogP contribution in [0, 0.1) is 11.8 Å². The number of hydrogen-bond donors (Lipinski definition) is 1. The summed E-state index contributed by atoms with van der Waals surface area (Å²) in [6.45, 7) is 9.02. The van der Waals surface area contributed by atoms with Crippen molar-refractivity contribution in [1.82, 2.24) is 4.90 Å². The van der Waals surface area contributed by atoms with Gasteiger partial charge < -0.3 is 15.4 Å². The Kier molecular flexibility index (Phi) is 5.92. The van der Waals surface area contributed by atoms with Crippen molar-refractivity contribution < 1.29 is 9.53 Å². The predicted octanol–water partition coefficient (Wildman–Crippen LogP) is 1.24. The number of hydrogen-bond acceptors (Lipinski definition) is 3. The van der Waals surface area contributed by atoms with Gasteiger partial charge in [0.05, 0.1) is 19.3 Å². The van der Waals surface area contributed by atoms with Gasteiger partial charge in [-0.2, -0.15) is 0 Å². The summed E-state index contributed by atoms with van der Waals surface area (Å²) in [6.07, 6.45) is 1.61. The van der Waals surface area contributed by atoms with Gasteiger partial charge >= 0.3 is 0 Å². The molecule has 1 amide bonds. The fraction of sp³-hybridized carbons (Fsp3) is 0.923. The van der Waals surface area contributed by atoms with Gasteiger partial charge in [-0.1, -0.05) is 13.8 Å². The maximum atomic E-state index is 12.2. The lowest BCUT2D eigenvalue weighted by atomic mass is 9.93. The molecule has 2 N–H and O–H groups in total. The number of nitrogens with zero attached hydrogens (tertiary/aromatic N) is 1.